The van der Waals surface area contributed by atoms with E-state index in [1.54, 1.807) is 14.2 Å². The third-order valence-corrected chi connectivity index (χ3v) is 6.48. The number of rotatable bonds is 7. The summed E-state index contributed by atoms with van der Waals surface area (Å²) in [7, 11) is 4.57. The average molecular weight is 443 g/mol. The molecule has 0 radical (unpaired) electrons. The van der Waals surface area contributed by atoms with Crippen LogP contribution in [-0.2, 0) is 25.6 Å². The van der Waals surface area contributed by atoms with E-state index in [0.717, 1.165) is 16.7 Å². The molecule has 0 saturated carbocycles. The normalized spacial score (nSPS) is 28.4. The number of fused-ring (bicyclic) bond motifs is 1. The molecule has 0 bridgehead atoms. The van der Waals surface area contributed by atoms with Gasteiger partial charge < -0.3 is 28.4 Å². The smallest absolute Gasteiger partial charge is 0.338 e. The number of carbonyl (C=O) groups is 1. The fourth-order valence-electron chi connectivity index (χ4n) is 4.67. The molecule has 2 aromatic carbocycles. The van der Waals surface area contributed by atoms with Crippen molar-refractivity contribution in [3.63, 3.8) is 0 Å². The Balaban J connectivity index is 1.77. The van der Waals surface area contributed by atoms with Gasteiger partial charge in [0, 0.05) is 17.0 Å². The Morgan fingerprint density at radius 2 is 1.81 bits per heavy atom. The predicted molar refractivity (Wildman–Crippen MR) is 117 cm³/mol. The van der Waals surface area contributed by atoms with E-state index >= 15 is 0 Å². The topological polar surface area (TPSA) is 75.8 Å². The Hall–Kier alpha value is -2.77. The monoisotopic (exact) mass is 442 g/mol. The Kier molecular flexibility index (Phi) is 6.05. The Morgan fingerprint density at radius 1 is 1.09 bits per heavy atom. The van der Waals surface area contributed by atoms with Gasteiger partial charge in [-0.1, -0.05) is 37.3 Å². The highest BCUT2D eigenvalue weighted by atomic mass is 16.7. The maximum absolute atomic E-state index is 12.5. The van der Waals surface area contributed by atoms with Crippen LogP contribution in [0, 0.1) is 12.8 Å². The fourth-order valence-corrected chi connectivity index (χ4v) is 4.67. The van der Waals surface area contributed by atoms with Gasteiger partial charge in [0.05, 0.1) is 33.5 Å². The number of epoxide rings is 1. The van der Waals surface area contributed by atoms with Crippen molar-refractivity contribution >= 4 is 5.97 Å². The molecule has 4 rings (SSSR count). The van der Waals surface area contributed by atoms with Gasteiger partial charge in [0.2, 0.25) is 0 Å². The highest BCUT2D eigenvalue weighted by Gasteiger charge is 2.68. The van der Waals surface area contributed by atoms with Crippen molar-refractivity contribution in [2.75, 3.05) is 21.3 Å². The second-order valence-electron chi connectivity index (χ2n) is 8.47. The molecule has 0 spiro atoms. The summed E-state index contributed by atoms with van der Waals surface area (Å²) in [5.74, 6) is 1.31. The summed E-state index contributed by atoms with van der Waals surface area (Å²) in [6, 6.07) is 11.8. The van der Waals surface area contributed by atoms with Gasteiger partial charge in [-0.25, -0.2) is 4.79 Å². The molecule has 0 aliphatic carbocycles. The number of hydrogen-bond acceptors (Lipinski definition) is 7. The lowest BCUT2D eigenvalue weighted by molar-refractivity contribution is -0.169. The number of ether oxygens (including phenoxy) is 6. The zero-order valence-corrected chi connectivity index (χ0v) is 19.3. The van der Waals surface area contributed by atoms with Crippen molar-refractivity contribution in [3.05, 3.63) is 53.1 Å². The Bertz CT molecular complexity index is 990. The molecule has 0 N–H and O–H groups in total. The number of esters is 1. The number of hydrogen-bond donors (Lipinski definition) is 0. The van der Waals surface area contributed by atoms with Crippen LogP contribution in [0.3, 0.4) is 0 Å². The third-order valence-electron chi connectivity index (χ3n) is 6.48. The van der Waals surface area contributed by atoms with Gasteiger partial charge in [-0.3, -0.25) is 0 Å². The SMILES string of the molecule is COC(=O)[C@H]1O[C@@H](c2cc(OC)c(C)c(OC)c2OCc2ccccc2)[C@H](C)[C@H]2O[C@@]12C. The molecule has 0 aromatic heterocycles. The van der Waals surface area contributed by atoms with Crippen LogP contribution in [0.4, 0.5) is 0 Å². The summed E-state index contributed by atoms with van der Waals surface area (Å²) in [6.07, 6.45) is -1.45. The molecule has 0 amide bonds. The Labute approximate surface area is 188 Å². The highest BCUT2D eigenvalue weighted by molar-refractivity contribution is 5.77. The van der Waals surface area contributed by atoms with Gasteiger partial charge in [0.15, 0.2) is 17.6 Å². The van der Waals surface area contributed by atoms with E-state index < -0.39 is 23.8 Å². The minimum atomic E-state index is -0.834. The summed E-state index contributed by atoms with van der Waals surface area (Å²) in [5.41, 5.74) is 1.91. The zero-order valence-electron chi connectivity index (χ0n) is 19.3. The molecule has 5 atom stereocenters. The Morgan fingerprint density at radius 3 is 2.44 bits per heavy atom. The maximum atomic E-state index is 12.5. The molecule has 32 heavy (non-hydrogen) atoms. The summed E-state index contributed by atoms with van der Waals surface area (Å²) in [6.45, 7) is 6.21. The van der Waals surface area contributed by atoms with Crippen LogP contribution in [0.5, 0.6) is 17.2 Å². The van der Waals surface area contributed by atoms with Crippen LogP contribution >= 0.6 is 0 Å². The van der Waals surface area contributed by atoms with E-state index in [1.807, 2.05) is 57.2 Å². The molecular formula is C25H30O7. The van der Waals surface area contributed by atoms with Crippen LogP contribution in [-0.4, -0.2) is 45.1 Å². The molecule has 7 heteroatoms. The molecule has 2 fully saturated rings. The van der Waals surface area contributed by atoms with E-state index in [4.69, 9.17) is 28.4 Å². The zero-order chi connectivity index (χ0) is 23.0. The van der Waals surface area contributed by atoms with Gasteiger partial charge in [0.25, 0.3) is 0 Å². The van der Waals surface area contributed by atoms with Crippen LogP contribution in [0.2, 0.25) is 0 Å². The van der Waals surface area contributed by atoms with Crippen LogP contribution < -0.4 is 14.2 Å². The van der Waals surface area contributed by atoms with Crippen molar-refractivity contribution in [1.29, 1.82) is 0 Å². The van der Waals surface area contributed by atoms with Gasteiger partial charge in [-0.2, -0.15) is 0 Å². The first-order chi connectivity index (χ1) is 15.3. The lowest BCUT2D eigenvalue weighted by atomic mass is 9.82. The summed E-state index contributed by atoms with van der Waals surface area (Å²) in [5, 5.41) is 0. The molecule has 2 heterocycles. The van der Waals surface area contributed by atoms with E-state index in [1.165, 1.54) is 7.11 Å². The van der Waals surface area contributed by atoms with Crippen molar-refractivity contribution in [3.8, 4) is 17.2 Å². The lowest BCUT2D eigenvalue weighted by Crippen LogP contribution is -2.47. The van der Waals surface area contributed by atoms with E-state index in [9.17, 15) is 4.79 Å². The number of benzene rings is 2. The highest BCUT2D eigenvalue weighted by Crippen LogP contribution is 2.57. The minimum absolute atomic E-state index is 0.0305. The molecular weight excluding hydrogens is 412 g/mol. The molecule has 2 saturated heterocycles. The third kappa shape index (κ3) is 3.69. The largest absolute Gasteiger partial charge is 0.496 e. The average Bonchev–Trinajstić information content (AvgIpc) is 3.51. The summed E-state index contributed by atoms with van der Waals surface area (Å²) in [4.78, 5) is 12.5. The minimum Gasteiger partial charge on any atom is -0.496 e. The van der Waals surface area contributed by atoms with Gasteiger partial charge in [-0.05, 0) is 25.5 Å². The molecule has 2 aromatic rings. The van der Waals surface area contributed by atoms with Crippen LogP contribution in [0.1, 0.15) is 36.6 Å². The first-order valence-corrected chi connectivity index (χ1v) is 10.7. The number of carbonyl (C=O) groups excluding carboxylic acids is 1. The van der Waals surface area contributed by atoms with Crippen molar-refractivity contribution in [2.24, 2.45) is 5.92 Å². The molecule has 7 nitrogen and oxygen atoms in total. The summed E-state index contributed by atoms with van der Waals surface area (Å²) < 4.78 is 34.9. The number of methoxy groups -OCH3 is 3. The van der Waals surface area contributed by atoms with Crippen molar-refractivity contribution in [2.45, 2.75) is 51.3 Å². The van der Waals surface area contributed by atoms with Crippen molar-refractivity contribution < 1.29 is 33.2 Å². The summed E-state index contributed by atoms with van der Waals surface area (Å²) >= 11 is 0. The van der Waals surface area contributed by atoms with E-state index in [0.29, 0.717) is 23.9 Å². The van der Waals surface area contributed by atoms with E-state index in [2.05, 4.69) is 0 Å². The van der Waals surface area contributed by atoms with Gasteiger partial charge >= 0.3 is 5.97 Å². The predicted octanol–water partition coefficient (Wildman–Crippen LogP) is 4.00. The molecule has 0 unspecified atom stereocenters. The van der Waals surface area contributed by atoms with E-state index in [-0.39, 0.29) is 12.0 Å². The molecule has 2 aliphatic heterocycles. The second-order valence-corrected chi connectivity index (χ2v) is 8.47. The standard InChI is InChI=1S/C25H30O7/c1-14-18(27-4)12-17(21(20(14)28-5)30-13-16-10-8-7-9-11-16)19-15(2)22-25(3,32-22)23(31-19)24(26)29-6/h7-12,15,19,22-23H,13H2,1-6H3/t15-,19+,22+,23+,25+/m0/s1. The van der Waals surface area contributed by atoms with Gasteiger partial charge in [0.1, 0.15) is 18.0 Å². The molecule has 2 aliphatic rings. The first kappa shape index (κ1) is 22.4. The van der Waals surface area contributed by atoms with Crippen LogP contribution in [0.25, 0.3) is 0 Å². The second kappa shape index (κ2) is 8.64. The van der Waals surface area contributed by atoms with Crippen LogP contribution in [0.15, 0.2) is 36.4 Å². The fraction of sp³-hybridized carbons (Fsp3) is 0.480. The van der Waals surface area contributed by atoms with Crippen molar-refractivity contribution in [1.82, 2.24) is 0 Å². The lowest BCUT2D eigenvalue weighted by Gasteiger charge is -2.35. The van der Waals surface area contributed by atoms with Gasteiger partial charge in [-0.15, -0.1) is 0 Å². The first-order valence-electron chi connectivity index (χ1n) is 10.7. The maximum Gasteiger partial charge on any atom is 0.338 e. The quantitative estimate of drug-likeness (QED) is 0.474. The molecule has 172 valence electrons.